The third-order valence-electron chi connectivity index (χ3n) is 1.49. The van der Waals surface area contributed by atoms with E-state index in [9.17, 15) is 8.78 Å². The molecule has 0 aliphatic heterocycles. The second-order valence-corrected chi connectivity index (χ2v) is 2.33. The van der Waals surface area contributed by atoms with Gasteiger partial charge in [-0.3, -0.25) is 4.99 Å². The number of allylic oxidation sites excluding steroid dienone is 3. The zero-order chi connectivity index (χ0) is 9.56. The van der Waals surface area contributed by atoms with Gasteiger partial charge in [-0.2, -0.15) is 0 Å². The smallest absolute Gasteiger partial charge is 0.255 e. The van der Waals surface area contributed by atoms with Gasteiger partial charge < -0.3 is 0 Å². The van der Waals surface area contributed by atoms with Crippen molar-refractivity contribution in [3.05, 3.63) is 23.9 Å². The molecular formula is C9H13F2N. The molecule has 0 N–H and O–H groups in total. The molecule has 0 rings (SSSR count). The fraction of sp³-hybridized carbons (Fsp3) is 0.444. The van der Waals surface area contributed by atoms with Crippen molar-refractivity contribution in [2.45, 2.75) is 26.7 Å². The van der Waals surface area contributed by atoms with E-state index < -0.39 is 6.43 Å². The zero-order valence-corrected chi connectivity index (χ0v) is 7.35. The van der Waals surface area contributed by atoms with Crippen LogP contribution in [0.1, 0.15) is 20.3 Å². The number of nitrogens with zero attached hydrogens (tertiary/aromatic N) is 1. The van der Waals surface area contributed by atoms with Crippen LogP contribution in [-0.2, 0) is 0 Å². The molecule has 0 aliphatic rings. The van der Waals surface area contributed by atoms with E-state index in [4.69, 9.17) is 0 Å². The molecule has 0 aromatic rings. The van der Waals surface area contributed by atoms with Gasteiger partial charge in [0.15, 0.2) is 0 Å². The summed E-state index contributed by atoms with van der Waals surface area (Å²) in [6.07, 6.45) is 0.751. The maximum atomic E-state index is 12.3. The molecule has 0 unspecified atom stereocenters. The second-order valence-electron chi connectivity index (χ2n) is 2.33. The van der Waals surface area contributed by atoms with Crippen molar-refractivity contribution in [3.8, 4) is 0 Å². The Labute approximate surface area is 71.5 Å². The largest absolute Gasteiger partial charge is 0.280 e. The molecule has 0 atom stereocenters. The molecule has 1 nitrogen and oxygen atoms in total. The lowest BCUT2D eigenvalue weighted by atomic mass is 10.2. The molecule has 0 aliphatic carbocycles. The standard InChI is InChI=1S/C9H13F2N/c1-4-6-12-8(9(10)11)7(3)5-2/h4,6,9H,1,5H2,2-3H3/b8-7+,12-6+. The van der Waals surface area contributed by atoms with Crippen LogP contribution in [0.15, 0.2) is 28.9 Å². The number of hydrogen-bond acceptors (Lipinski definition) is 1. The Balaban J connectivity index is 4.65. The summed E-state index contributed by atoms with van der Waals surface area (Å²) in [6, 6.07) is 0. The lowest BCUT2D eigenvalue weighted by Crippen LogP contribution is -1.97. The predicted octanol–water partition coefficient (Wildman–Crippen LogP) is 3.19. The van der Waals surface area contributed by atoms with Crippen molar-refractivity contribution in [1.82, 2.24) is 0 Å². The van der Waals surface area contributed by atoms with E-state index in [2.05, 4.69) is 11.6 Å². The number of aliphatic imine (C=N–C) groups is 1. The first-order valence-corrected chi connectivity index (χ1v) is 3.76. The Morgan fingerprint density at radius 3 is 2.50 bits per heavy atom. The molecule has 0 aromatic carbocycles. The normalized spacial score (nSPS) is 13.8. The van der Waals surface area contributed by atoms with Crippen LogP contribution in [0, 0.1) is 0 Å². The fourth-order valence-corrected chi connectivity index (χ4v) is 0.667. The van der Waals surface area contributed by atoms with Gasteiger partial charge in [-0.05, 0) is 18.9 Å². The molecule has 0 saturated carbocycles. The van der Waals surface area contributed by atoms with Crippen LogP contribution in [0.3, 0.4) is 0 Å². The topological polar surface area (TPSA) is 12.4 Å². The molecule has 0 radical (unpaired) electrons. The predicted molar refractivity (Wildman–Crippen MR) is 47.7 cm³/mol. The van der Waals surface area contributed by atoms with E-state index in [0.29, 0.717) is 12.0 Å². The molecule has 68 valence electrons. The van der Waals surface area contributed by atoms with Crippen molar-refractivity contribution < 1.29 is 8.78 Å². The van der Waals surface area contributed by atoms with Gasteiger partial charge in [0, 0.05) is 6.21 Å². The van der Waals surface area contributed by atoms with Gasteiger partial charge in [0.2, 0.25) is 0 Å². The Hall–Kier alpha value is -0.990. The highest BCUT2D eigenvalue weighted by Gasteiger charge is 2.11. The van der Waals surface area contributed by atoms with Gasteiger partial charge in [0.25, 0.3) is 6.43 Å². The summed E-state index contributed by atoms with van der Waals surface area (Å²) < 4.78 is 24.5. The molecule has 0 heterocycles. The summed E-state index contributed by atoms with van der Waals surface area (Å²) in [7, 11) is 0. The summed E-state index contributed by atoms with van der Waals surface area (Å²) in [5, 5.41) is 0. The Kier molecular flexibility index (Phi) is 5.17. The highest BCUT2D eigenvalue weighted by atomic mass is 19.3. The van der Waals surface area contributed by atoms with Crippen LogP contribution < -0.4 is 0 Å². The molecule has 0 bridgehead atoms. The summed E-state index contributed by atoms with van der Waals surface area (Å²) in [4.78, 5) is 3.60. The molecule has 0 aromatic heterocycles. The average molecular weight is 173 g/mol. The quantitative estimate of drug-likeness (QED) is 0.579. The first-order valence-electron chi connectivity index (χ1n) is 3.76. The zero-order valence-electron chi connectivity index (χ0n) is 7.35. The van der Waals surface area contributed by atoms with E-state index in [1.54, 1.807) is 6.92 Å². The second kappa shape index (κ2) is 5.63. The minimum absolute atomic E-state index is 0.141. The number of halogens is 2. The van der Waals surface area contributed by atoms with Gasteiger partial charge in [-0.25, -0.2) is 8.78 Å². The first kappa shape index (κ1) is 11.0. The molecule has 12 heavy (non-hydrogen) atoms. The van der Waals surface area contributed by atoms with E-state index in [-0.39, 0.29) is 5.70 Å². The van der Waals surface area contributed by atoms with Gasteiger partial charge in [0.05, 0.1) is 0 Å². The highest BCUT2D eigenvalue weighted by Crippen LogP contribution is 2.16. The molecule has 3 heteroatoms. The molecule has 0 amide bonds. The maximum absolute atomic E-state index is 12.3. The van der Waals surface area contributed by atoms with Crippen LogP contribution in [0.25, 0.3) is 0 Å². The average Bonchev–Trinajstić information content (AvgIpc) is 2.04. The molecule has 0 fully saturated rings. The van der Waals surface area contributed by atoms with Gasteiger partial charge in [-0.1, -0.05) is 19.6 Å². The maximum Gasteiger partial charge on any atom is 0.280 e. The van der Waals surface area contributed by atoms with Crippen LogP contribution >= 0.6 is 0 Å². The van der Waals surface area contributed by atoms with E-state index >= 15 is 0 Å². The molecule has 0 saturated heterocycles. The first-order chi connectivity index (χ1) is 5.63. The van der Waals surface area contributed by atoms with Crippen molar-refractivity contribution in [3.63, 3.8) is 0 Å². The van der Waals surface area contributed by atoms with Gasteiger partial charge in [-0.15, -0.1) is 0 Å². The Bertz CT molecular complexity index is 205. The number of rotatable bonds is 4. The lowest BCUT2D eigenvalue weighted by Gasteiger charge is -2.03. The fourth-order valence-electron chi connectivity index (χ4n) is 0.667. The Morgan fingerprint density at radius 2 is 2.17 bits per heavy atom. The van der Waals surface area contributed by atoms with Crippen molar-refractivity contribution >= 4 is 6.21 Å². The summed E-state index contributed by atoms with van der Waals surface area (Å²) in [6.45, 7) is 6.84. The van der Waals surface area contributed by atoms with Crippen molar-refractivity contribution in [2.75, 3.05) is 0 Å². The van der Waals surface area contributed by atoms with Crippen LogP contribution in [0.4, 0.5) is 8.78 Å². The summed E-state index contributed by atoms with van der Waals surface area (Å²) in [5.41, 5.74) is 0.473. The SMILES string of the molecule is C=C/C=N/C(=C(\C)CC)C(F)F. The van der Waals surface area contributed by atoms with Crippen molar-refractivity contribution in [2.24, 2.45) is 4.99 Å². The Morgan fingerprint density at radius 1 is 1.58 bits per heavy atom. The summed E-state index contributed by atoms with van der Waals surface area (Å²) >= 11 is 0. The highest BCUT2D eigenvalue weighted by molar-refractivity contribution is 5.71. The third kappa shape index (κ3) is 3.42. The van der Waals surface area contributed by atoms with Crippen LogP contribution in [0.2, 0.25) is 0 Å². The van der Waals surface area contributed by atoms with Crippen LogP contribution in [0.5, 0.6) is 0 Å². The third-order valence-corrected chi connectivity index (χ3v) is 1.49. The van der Waals surface area contributed by atoms with E-state index in [0.717, 1.165) is 0 Å². The van der Waals surface area contributed by atoms with E-state index in [1.807, 2.05) is 6.92 Å². The minimum Gasteiger partial charge on any atom is -0.255 e. The molecular weight excluding hydrogens is 160 g/mol. The monoisotopic (exact) mass is 173 g/mol. The molecule has 0 spiro atoms. The number of alkyl halides is 2. The van der Waals surface area contributed by atoms with Gasteiger partial charge >= 0.3 is 0 Å². The van der Waals surface area contributed by atoms with Crippen LogP contribution in [-0.4, -0.2) is 12.6 Å². The van der Waals surface area contributed by atoms with E-state index in [1.165, 1.54) is 12.3 Å². The van der Waals surface area contributed by atoms with Crippen molar-refractivity contribution in [1.29, 1.82) is 0 Å². The number of hydrogen-bond donors (Lipinski definition) is 0. The minimum atomic E-state index is -2.50. The lowest BCUT2D eigenvalue weighted by molar-refractivity contribution is 0.186. The van der Waals surface area contributed by atoms with Gasteiger partial charge in [0.1, 0.15) is 5.70 Å². The summed E-state index contributed by atoms with van der Waals surface area (Å²) in [5.74, 6) is 0.